The zero-order valence-electron chi connectivity index (χ0n) is 29.4. The minimum atomic E-state index is -1.59. The van der Waals surface area contributed by atoms with E-state index in [4.69, 9.17) is 9.47 Å². The van der Waals surface area contributed by atoms with Gasteiger partial charge in [0.25, 0.3) is 0 Å². The van der Waals surface area contributed by atoms with Gasteiger partial charge in [0.1, 0.15) is 24.5 Å². The number of carboxylic acids is 1. The molecular formula is C33H48N6O12. The number of carboxylic acid groups (broad SMARTS) is 1. The molecule has 18 heteroatoms. The van der Waals surface area contributed by atoms with Gasteiger partial charge < -0.3 is 46.5 Å². The van der Waals surface area contributed by atoms with E-state index in [9.17, 15) is 48.3 Å². The van der Waals surface area contributed by atoms with Crippen LogP contribution in [0.25, 0.3) is 0 Å². The van der Waals surface area contributed by atoms with Crippen molar-refractivity contribution in [1.82, 2.24) is 26.6 Å². The molecule has 0 aliphatic rings. The van der Waals surface area contributed by atoms with Crippen molar-refractivity contribution in [2.75, 3.05) is 38.2 Å². The molecule has 0 fully saturated rings. The fourth-order valence-electron chi connectivity index (χ4n) is 4.03. The number of rotatable bonds is 23. The number of hydrogen-bond acceptors (Lipinski definition) is 11. The lowest BCUT2D eigenvalue weighted by molar-refractivity contribution is -0.142. The van der Waals surface area contributed by atoms with Crippen LogP contribution in [0.4, 0.5) is 5.69 Å². The van der Waals surface area contributed by atoms with Crippen molar-refractivity contribution in [2.24, 2.45) is 11.8 Å². The smallest absolute Gasteiger partial charge is 0.305 e. The van der Waals surface area contributed by atoms with Crippen LogP contribution in [0.15, 0.2) is 24.3 Å². The lowest BCUT2D eigenvalue weighted by Gasteiger charge is -2.22. The van der Waals surface area contributed by atoms with Gasteiger partial charge >= 0.3 is 11.9 Å². The largest absolute Gasteiger partial charge is 0.481 e. The first-order valence-electron chi connectivity index (χ1n) is 16.2. The summed E-state index contributed by atoms with van der Waals surface area (Å²) < 4.78 is 10.1. The number of Topliss-reactive ketones (excluding diaryl/α,β-unsaturated/α-hetero) is 1. The summed E-state index contributed by atoms with van der Waals surface area (Å²) in [7, 11) is 0. The standard InChI is InChI=1S/C33H48N6O12/c1-19(2)25(41)10-12-50-13-11-26(42)34-15-28(44)38-24(14-30(46)47)32(48)35-17-29(45)39-31(20(3)4)33(49)36-16-27(43)37-23-8-6-22(7-9-23)18-51-21(5)40/h6-9,19-20,24,31H,10-18H2,1-5H3,(H,34,42)(H,35,48)(H,36,49)(H,37,43)(H,38,44)(H,39,45)(H,46,47). The van der Waals surface area contributed by atoms with Gasteiger partial charge in [-0.3, -0.25) is 43.2 Å². The number of nitrogens with one attached hydrogen (secondary N) is 6. The normalized spacial score (nSPS) is 11.8. The molecule has 0 heterocycles. The number of ketones is 1. The fraction of sp³-hybridized carbons (Fsp3) is 0.545. The molecule has 282 valence electrons. The van der Waals surface area contributed by atoms with E-state index in [0.717, 1.165) is 0 Å². The first-order chi connectivity index (χ1) is 24.0. The van der Waals surface area contributed by atoms with Crippen LogP contribution in [0.3, 0.4) is 0 Å². The van der Waals surface area contributed by atoms with E-state index in [0.29, 0.717) is 11.3 Å². The number of carbonyl (C=O) groups excluding carboxylic acids is 8. The summed E-state index contributed by atoms with van der Waals surface area (Å²) in [6.45, 7) is 6.68. The molecule has 0 aromatic heterocycles. The van der Waals surface area contributed by atoms with Crippen LogP contribution in [-0.2, 0) is 59.2 Å². The minimum absolute atomic E-state index is 0.0106. The Labute approximate surface area is 295 Å². The molecular weight excluding hydrogens is 672 g/mol. The molecule has 2 unspecified atom stereocenters. The average molecular weight is 721 g/mol. The van der Waals surface area contributed by atoms with Crippen molar-refractivity contribution < 1.29 is 57.7 Å². The topological polar surface area (TPSA) is 264 Å². The van der Waals surface area contributed by atoms with E-state index in [1.165, 1.54) is 6.92 Å². The molecule has 0 bridgehead atoms. The first-order valence-corrected chi connectivity index (χ1v) is 16.2. The summed E-state index contributed by atoms with van der Waals surface area (Å²) in [5, 5.41) is 23.4. The highest BCUT2D eigenvalue weighted by molar-refractivity contribution is 5.97. The molecule has 51 heavy (non-hydrogen) atoms. The van der Waals surface area contributed by atoms with E-state index in [-0.39, 0.29) is 44.4 Å². The number of hydrogen-bond donors (Lipinski definition) is 7. The highest BCUT2D eigenvalue weighted by Crippen LogP contribution is 2.10. The van der Waals surface area contributed by atoms with E-state index >= 15 is 0 Å². The lowest BCUT2D eigenvalue weighted by atomic mass is 10.0. The van der Waals surface area contributed by atoms with Crippen LogP contribution in [-0.4, -0.2) is 103 Å². The van der Waals surface area contributed by atoms with Crippen molar-refractivity contribution in [3.05, 3.63) is 29.8 Å². The first kappa shape index (κ1) is 43.6. The maximum absolute atomic E-state index is 12.8. The molecule has 1 aromatic carbocycles. The highest BCUT2D eigenvalue weighted by atomic mass is 16.5. The Hall–Kier alpha value is -5.39. The molecule has 7 N–H and O–H groups in total. The number of amides is 6. The maximum Gasteiger partial charge on any atom is 0.305 e. The quantitative estimate of drug-likeness (QED) is 0.0539. The van der Waals surface area contributed by atoms with Gasteiger partial charge in [-0.15, -0.1) is 0 Å². The Balaban J connectivity index is 2.54. The maximum atomic E-state index is 12.8. The number of ether oxygens (including phenoxy) is 2. The summed E-state index contributed by atoms with van der Waals surface area (Å²) in [4.78, 5) is 109. The number of benzene rings is 1. The Kier molecular flexibility index (Phi) is 19.8. The molecule has 18 nitrogen and oxygen atoms in total. The van der Waals surface area contributed by atoms with Crippen molar-refractivity contribution in [2.45, 2.75) is 72.6 Å². The Morgan fingerprint density at radius 3 is 1.86 bits per heavy atom. The second-order valence-corrected chi connectivity index (χ2v) is 12.0. The lowest BCUT2D eigenvalue weighted by Crippen LogP contribution is -2.55. The average Bonchev–Trinajstić information content (AvgIpc) is 3.06. The second kappa shape index (κ2) is 23.1. The number of anilines is 1. The number of esters is 1. The summed E-state index contributed by atoms with van der Waals surface area (Å²) in [6, 6.07) is 3.80. The van der Waals surface area contributed by atoms with Gasteiger partial charge in [0.05, 0.1) is 39.3 Å². The predicted molar refractivity (Wildman–Crippen MR) is 180 cm³/mol. The van der Waals surface area contributed by atoms with E-state index < -0.39 is 91.4 Å². The van der Waals surface area contributed by atoms with Crippen molar-refractivity contribution in [1.29, 1.82) is 0 Å². The van der Waals surface area contributed by atoms with Gasteiger partial charge in [-0.25, -0.2) is 0 Å². The van der Waals surface area contributed by atoms with E-state index in [2.05, 4.69) is 31.9 Å². The molecule has 0 saturated carbocycles. The van der Waals surface area contributed by atoms with Gasteiger partial charge in [0.2, 0.25) is 35.4 Å². The minimum Gasteiger partial charge on any atom is -0.481 e. The van der Waals surface area contributed by atoms with E-state index in [1.54, 1.807) is 52.0 Å². The van der Waals surface area contributed by atoms with Gasteiger partial charge in [0, 0.05) is 31.4 Å². The van der Waals surface area contributed by atoms with Crippen LogP contribution >= 0.6 is 0 Å². The molecule has 0 spiro atoms. The monoisotopic (exact) mass is 720 g/mol. The van der Waals surface area contributed by atoms with Crippen molar-refractivity contribution >= 4 is 58.9 Å². The van der Waals surface area contributed by atoms with Crippen LogP contribution in [0.1, 0.15) is 59.4 Å². The highest BCUT2D eigenvalue weighted by Gasteiger charge is 2.27. The third kappa shape index (κ3) is 19.4. The molecule has 6 amide bonds. The molecule has 0 aliphatic carbocycles. The summed E-state index contributed by atoms with van der Waals surface area (Å²) >= 11 is 0. The second-order valence-electron chi connectivity index (χ2n) is 12.0. The zero-order chi connectivity index (χ0) is 38.5. The van der Waals surface area contributed by atoms with Gasteiger partial charge in [-0.05, 0) is 23.6 Å². The molecule has 0 aliphatic heterocycles. The third-order valence-electron chi connectivity index (χ3n) is 6.88. The van der Waals surface area contributed by atoms with Gasteiger partial charge in [0.15, 0.2) is 0 Å². The van der Waals surface area contributed by atoms with Gasteiger partial charge in [-0.2, -0.15) is 0 Å². The molecule has 1 aromatic rings. The zero-order valence-corrected chi connectivity index (χ0v) is 29.4. The summed E-state index contributed by atoms with van der Waals surface area (Å²) in [5.74, 6) is -6.84. The molecule has 0 radical (unpaired) electrons. The Morgan fingerprint density at radius 1 is 0.706 bits per heavy atom. The van der Waals surface area contributed by atoms with Crippen molar-refractivity contribution in [3.8, 4) is 0 Å². The van der Waals surface area contributed by atoms with Gasteiger partial charge in [-0.1, -0.05) is 39.8 Å². The fourth-order valence-corrected chi connectivity index (χ4v) is 4.03. The van der Waals surface area contributed by atoms with Crippen LogP contribution in [0.5, 0.6) is 0 Å². The molecule has 1 rings (SSSR count). The number of carbonyl (C=O) groups is 9. The Morgan fingerprint density at radius 2 is 1.27 bits per heavy atom. The van der Waals surface area contributed by atoms with Crippen LogP contribution in [0, 0.1) is 11.8 Å². The van der Waals surface area contributed by atoms with Crippen LogP contribution < -0.4 is 31.9 Å². The van der Waals surface area contributed by atoms with Crippen molar-refractivity contribution in [3.63, 3.8) is 0 Å². The number of aliphatic carboxylic acids is 1. The van der Waals surface area contributed by atoms with E-state index in [1.807, 2.05) is 0 Å². The Bertz CT molecular complexity index is 1400. The third-order valence-corrected chi connectivity index (χ3v) is 6.88. The summed E-state index contributed by atoms with van der Waals surface area (Å²) in [5.41, 5.74) is 1.14. The van der Waals surface area contributed by atoms with Crippen LogP contribution in [0.2, 0.25) is 0 Å². The SMILES string of the molecule is CC(=O)OCc1ccc(NC(=O)CNC(=O)C(NC(=O)CNC(=O)C(CC(=O)O)NC(=O)CNC(=O)CCOCCC(=O)C(C)C)C(C)C)cc1. The summed E-state index contributed by atoms with van der Waals surface area (Å²) in [6.07, 6.45) is -0.714. The predicted octanol–water partition coefficient (Wildman–Crippen LogP) is -0.841. The molecule has 2 atom stereocenters. The molecule has 0 saturated heterocycles.